The van der Waals surface area contributed by atoms with Crippen molar-refractivity contribution in [2.24, 2.45) is 0 Å². The third-order valence-electron chi connectivity index (χ3n) is 4.02. The van der Waals surface area contributed by atoms with Gasteiger partial charge in [0.25, 0.3) is 0 Å². The van der Waals surface area contributed by atoms with E-state index < -0.39 is 0 Å². The lowest BCUT2D eigenvalue weighted by Gasteiger charge is -2.10. The zero-order valence-electron chi connectivity index (χ0n) is 14.8. The summed E-state index contributed by atoms with van der Waals surface area (Å²) in [6, 6.07) is 18.3. The average Bonchev–Trinajstić information content (AvgIpc) is 3.07. The van der Waals surface area contributed by atoms with Gasteiger partial charge in [-0.1, -0.05) is 53.7 Å². The van der Waals surface area contributed by atoms with Crippen molar-refractivity contribution in [1.29, 1.82) is 0 Å². The van der Waals surface area contributed by atoms with Crippen LogP contribution in [0.5, 0.6) is 0 Å². The minimum atomic E-state index is 0.621. The highest BCUT2D eigenvalue weighted by atomic mass is 35.5. The SMILES string of the molecule is COCCn1c(SCCCc2ccccc2)nnc1-c1ccc(Cl)cc1. The van der Waals surface area contributed by atoms with Gasteiger partial charge in [-0.3, -0.25) is 4.57 Å². The summed E-state index contributed by atoms with van der Waals surface area (Å²) in [5.41, 5.74) is 2.38. The molecule has 3 aromatic rings. The first-order valence-corrected chi connectivity index (χ1v) is 9.99. The molecule has 3 rings (SSSR count). The van der Waals surface area contributed by atoms with Crippen LogP contribution in [0.15, 0.2) is 59.8 Å². The summed E-state index contributed by atoms with van der Waals surface area (Å²) < 4.78 is 7.38. The second-order valence-electron chi connectivity index (χ2n) is 5.90. The van der Waals surface area contributed by atoms with Crippen LogP contribution in [0.1, 0.15) is 12.0 Å². The van der Waals surface area contributed by atoms with Crippen molar-refractivity contribution >= 4 is 23.4 Å². The lowest BCUT2D eigenvalue weighted by molar-refractivity contribution is 0.185. The van der Waals surface area contributed by atoms with Crippen molar-refractivity contribution in [1.82, 2.24) is 14.8 Å². The van der Waals surface area contributed by atoms with Crippen molar-refractivity contribution in [3.05, 3.63) is 65.2 Å². The molecule has 0 aliphatic rings. The summed E-state index contributed by atoms with van der Waals surface area (Å²) in [7, 11) is 1.71. The Bertz CT molecular complexity index is 806. The average molecular weight is 388 g/mol. The van der Waals surface area contributed by atoms with Crippen molar-refractivity contribution in [3.63, 3.8) is 0 Å². The topological polar surface area (TPSA) is 39.9 Å². The first kappa shape index (κ1) is 19.0. The minimum Gasteiger partial charge on any atom is -0.383 e. The Morgan fingerprint density at radius 3 is 2.54 bits per heavy atom. The van der Waals surface area contributed by atoms with Gasteiger partial charge in [-0.25, -0.2) is 0 Å². The quantitative estimate of drug-likeness (QED) is 0.384. The van der Waals surface area contributed by atoms with Gasteiger partial charge >= 0.3 is 0 Å². The number of halogens is 1. The predicted octanol–water partition coefficient (Wildman–Crippen LogP) is 4.97. The first-order chi connectivity index (χ1) is 12.8. The molecular formula is C20H22ClN3OS. The van der Waals surface area contributed by atoms with E-state index >= 15 is 0 Å². The summed E-state index contributed by atoms with van der Waals surface area (Å²) in [5.74, 6) is 1.85. The van der Waals surface area contributed by atoms with Crippen LogP contribution >= 0.6 is 23.4 Å². The van der Waals surface area contributed by atoms with Crippen LogP contribution in [-0.4, -0.2) is 34.2 Å². The maximum absolute atomic E-state index is 6.00. The molecule has 0 spiro atoms. The van der Waals surface area contributed by atoms with Gasteiger partial charge in [-0.05, 0) is 42.7 Å². The summed E-state index contributed by atoms with van der Waals surface area (Å²) in [6.07, 6.45) is 2.17. The molecule has 1 heterocycles. The molecule has 0 unspecified atom stereocenters. The Labute approximate surface area is 163 Å². The molecule has 2 aromatic carbocycles. The molecule has 6 heteroatoms. The maximum Gasteiger partial charge on any atom is 0.191 e. The molecule has 0 fully saturated rings. The summed E-state index contributed by atoms with van der Waals surface area (Å²) in [5, 5.41) is 10.4. The fraction of sp³-hybridized carbons (Fsp3) is 0.300. The Morgan fingerprint density at radius 2 is 1.81 bits per heavy atom. The van der Waals surface area contributed by atoms with Gasteiger partial charge in [0.2, 0.25) is 0 Å². The summed E-state index contributed by atoms with van der Waals surface area (Å²) in [4.78, 5) is 0. The van der Waals surface area contributed by atoms with E-state index in [4.69, 9.17) is 16.3 Å². The second kappa shape index (κ2) is 9.76. The molecule has 136 valence electrons. The number of methoxy groups -OCH3 is 1. The molecule has 0 N–H and O–H groups in total. The number of hydrogen-bond donors (Lipinski definition) is 0. The fourth-order valence-corrected chi connectivity index (χ4v) is 3.71. The number of thioether (sulfide) groups is 1. The van der Waals surface area contributed by atoms with E-state index in [9.17, 15) is 0 Å². The van der Waals surface area contributed by atoms with Crippen LogP contribution in [0, 0.1) is 0 Å². The highest BCUT2D eigenvalue weighted by Crippen LogP contribution is 2.25. The molecule has 0 amide bonds. The summed E-state index contributed by atoms with van der Waals surface area (Å²) in [6.45, 7) is 1.35. The van der Waals surface area contributed by atoms with Crippen LogP contribution in [0.3, 0.4) is 0 Å². The second-order valence-corrected chi connectivity index (χ2v) is 7.39. The number of aromatic nitrogens is 3. The van der Waals surface area contributed by atoms with Crippen LogP contribution in [0.25, 0.3) is 11.4 Å². The molecule has 0 bridgehead atoms. The van der Waals surface area contributed by atoms with E-state index in [0.717, 1.165) is 41.7 Å². The minimum absolute atomic E-state index is 0.621. The van der Waals surface area contributed by atoms with Crippen LogP contribution in [-0.2, 0) is 17.7 Å². The zero-order valence-corrected chi connectivity index (χ0v) is 16.3. The Morgan fingerprint density at radius 1 is 1.04 bits per heavy atom. The van der Waals surface area contributed by atoms with E-state index in [1.54, 1.807) is 18.9 Å². The van der Waals surface area contributed by atoms with Crippen molar-refractivity contribution in [2.45, 2.75) is 24.5 Å². The number of aryl methyl sites for hydroxylation is 1. The molecule has 0 saturated heterocycles. The largest absolute Gasteiger partial charge is 0.383 e. The van der Waals surface area contributed by atoms with E-state index in [1.807, 2.05) is 24.3 Å². The van der Waals surface area contributed by atoms with E-state index in [1.165, 1.54) is 5.56 Å². The van der Waals surface area contributed by atoms with Gasteiger partial charge in [0, 0.05) is 23.4 Å². The third-order valence-corrected chi connectivity index (χ3v) is 5.33. The standard InChI is InChI=1S/C20H22ClN3OS/c1-25-14-13-24-19(17-9-11-18(21)12-10-17)22-23-20(24)26-15-5-8-16-6-3-2-4-7-16/h2-4,6-7,9-12H,5,8,13-15H2,1H3. The van der Waals surface area contributed by atoms with Crippen molar-refractivity contribution < 1.29 is 4.74 Å². The Kier molecular flexibility index (Phi) is 7.12. The van der Waals surface area contributed by atoms with Gasteiger partial charge in [-0.15, -0.1) is 10.2 Å². The van der Waals surface area contributed by atoms with Gasteiger partial charge in [0.1, 0.15) is 0 Å². The molecule has 0 saturated carbocycles. The maximum atomic E-state index is 6.00. The molecule has 0 aliphatic heterocycles. The molecule has 0 atom stereocenters. The molecule has 26 heavy (non-hydrogen) atoms. The van der Waals surface area contributed by atoms with Crippen LogP contribution < -0.4 is 0 Å². The van der Waals surface area contributed by atoms with E-state index in [2.05, 4.69) is 45.1 Å². The lowest BCUT2D eigenvalue weighted by atomic mass is 10.1. The van der Waals surface area contributed by atoms with E-state index in [0.29, 0.717) is 11.6 Å². The summed E-state index contributed by atoms with van der Waals surface area (Å²) >= 11 is 7.74. The molecule has 1 aromatic heterocycles. The van der Waals surface area contributed by atoms with Crippen LogP contribution in [0.4, 0.5) is 0 Å². The highest BCUT2D eigenvalue weighted by molar-refractivity contribution is 7.99. The predicted molar refractivity (Wildman–Crippen MR) is 108 cm³/mol. The molecule has 4 nitrogen and oxygen atoms in total. The normalized spacial score (nSPS) is 11.0. The number of ether oxygens (including phenoxy) is 1. The van der Waals surface area contributed by atoms with Gasteiger partial charge in [0.05, 0.1) is 13.2 Å². The number of hydrogen-bond acceptors (Lipinski definition) is 4. The number of benzene rings is 2. The number of nitrogens with zero attached hydrogens (tertiary/aromatic N) is 3. The highest BCUT2D eigenvalue weighted by Gasteiger charge is 2.14. The first-order valence-electron chi connectivity index (χ1n) is 8.62. The van der Waals surface area contributed by atoms with Gasteiger partial charge in [-0.2, -0.15) is 0 Å². The molecular weight excluding hydrogens is 366 g/mol. The zero-order chi connectivity index (χ0) is 18.2. The number of rotatable bonds is 9. The lowest BCUT2D eigenvalue weighted by Crippen LogP contribution is -2.07. The Hall–Kier alpha value is -1.82. The monoisotopic (exact) mass is 387 g/mol. The Balaban J connectivity index is 1.67. The van der Waals surface area contributed by atoms with Crippen molar-refractivity contribution in [2.75, 3.05) is 19.5 Å². The molecule has 0 aliphatic carbocycles. The fourth-order valence-electron chi connectivity index (χ4n) is 2.68. The van der Waals surface area contributed by atoms with Crippen LogP contribution in [0.2, 0.25) is 5.02 Å². The van der Waals surface area contributed by atoms with E-state index in [-0.39, 0.29) is 0 Å². The third kappa shape index (κ3) is 5.10. The van der Waals surface area contributed by atoms with Gasteiger partial charge < -0.3 is 4.74 Å². The smallest absolute Gasteiger partial charge is 0.191 e. The molecule has 0 radical (unpaired) electrons. The van der Waals surface area contributed by atoms with Crippen molar-refractivity contribution in [3.8, 4) is 11.4 Å². The van der Waals surface area contributed by atoms with Gasteiger partial charge in [0.15, 0.2) is 11.0 Å².